The molecular weight excluding hydrogens is 316 g/mol. The summed E-state index contributed by atoms with van der Waals surface area (Å²) in [6.07, 6.45) is 3.63. The Labute approximate surface area is 139 Å². The maximum absolute atomic E-state index is 6.05. The summed E-state index contributed by atoms with van der Waals surface area (Å²) >= 11 is 3.17. The molecule has 2 aromatic heterocycles. The number of nitrogens with one attached hydrogen (secondary N) is 1. The SMILES string of the molecule is CCCCCSc1nc(N)c2sc(NCCN(C)C)nc2n1. The monoisotopic (exact) mass is 340 g/mol. The van der Waals surface area contributed by atoms with Gasteiger partial charge in [-0.15, -0.1) is 0 Å². The van der Waals surface area contributed by atoms with Crippen LogP contribution in [-0.4, -0.2) is 52.8 Å². The fourth-order valence-electron chi connectivity index (χ4n) is 1.87. The maximum Gasteiger partial charge on any atom is 0.191 e. The van der Waals surface area contributed by atoms with Crippen LogP contribution < -0.4 is 11.1 Å². The lowest BCUT2D eigenvalue weighted by molar-refractivity contribution is 0.425. The summed E-state index contributed by atoms with van der Waals surface area (Å²) in [7, 11) is 4.09. The molecule has 0 aliphatic carbocycles. The van der Waals surface area contributed by atoms with Gasteiger partial charge in [-0.25, -0.2) is 9.97 Å². The zero-order valence-electron chi connectivity index (χ0n) is 13.4. The van der Waals surface area contributed by atoms with Gasteiger partial charge in [-0.05, 0) is 20.5 Å². The second kappa shape index (κ2) is 8.50. The lowest BCUT2D eigenvalue weighted by Gasteiger charge is -2.08. The van der Waals surface area contributed by atoms with Crippen LogP contribution in [-0.2, 0) is 0 Å². The number of hydrogen-bond donors (Lipinski definition) is 2. The van der Waals surface area contributed by atoms with Crippen molar-refractivity contribution in [3.8, 4) is 0 Å². The van der Waals surface area contributed by atoms with Gasteiger partial charge in [-0.1, -0.05) is 42.9 Å². The van der Waals surface area contributed by atoms with Crippen molar-refractivity contribution < 1.29 is 0 Å². The van der Waals surface area contributed by atoms with Crippen LogP contribution in [0.2, 0.25) is 0 Å². The molecule has 0 spiro atoms. The second-order valence-corrected chi connectivity index (χ2v) is 7.41. The fourth-order valence-corrected chi connectivity index (χ4v) is 3.54. The van der Waals surface area contributed by atoms with Crippen molar-refractivity contribution in [2.75, 3.05) is 44.0 Å². The molecule has 0 saturated carbocycles. The Bertz CT molecular complexity index is 598. The molecule has 22 heavy (non-hydrogen) atoms. The Kier molecular flexibility index (Phi) is 6.66. The van der Waals surface area contributed by atoms with Crippen LogP contribution in [0.3, 0.4) is 0 Å². The number of nitrogens with two attached hydrogens (primary N) is 1. The summed E-state index contributed by atoms with van der Waals surface area (Å²) < 4.78 is 0.866. The summed E-state index contributed by atoms with van der Waals surface area (Å²) in [6.45, 7) is 4.00. The van der Waals surface area contributed by atoms with Crippen molar-refractivity contribution in [2.45, 2.75) is 31.3 Å². The standard InChI is InChI=1S/C14H24N6S2/c1-4-5-6-9-21-14-17-11(15)10-12(19-14)18-13(22-10)16-7-8-20(2)3/h4-9H2,1-3H3,(H3,15,16,17,18,19). The van der Waals surface area contributed by atoms with E-state index in [1.165, 1.54) is 30.6 Å². The highest BCUT2D eigenvalue weighted by atomic mass is 32.2. The first-order valence-electron chi connectivity index (χ1n) is 7.55. The average Bonchev–Trinajstić information content (AvgIpc) is 2.87. The van der Waals surface area contributed by atoms with Crippen LogP contribution >= 0.6 is 23.1 Å². The lowest BCUT2D eigenvalue weighted by Crippen LogP contribution is -2.20. The molecule has 122 valence electrons. The molecule has 2 aromatic rings. The van der Waals surface area contributed by atoms with Crippen LogP contribution in [0, 0.1) is 0 Å². The molecule has 0 unspecified atom stereocenters. The average molecular weight is 341 g/mol. The van der Waals surface area contributed by atoms with Gasteiger partial charge < -0.3 is 16.0 Å². The van der Waals surface area contributed by atoms with E-state index >= 15 is 0 Å². The molecule has 0 amide bonds. The van der Waals surface area contributed by atoms with Crippen molar-refractivity contribution in [3.05, 3.63) is 0 Å². The normalized spacial score (nSPS) is 11.5. The van der Waals surface area contributed by atoms with Crippen LogP contribution in [0.15, 0.2) is 5.16 Å². The van der Waals surface area contributed by atoms with Gasteiger partial charge in [-0.2, -0.15) is 4.98 Å². The highest BCUT2D eigenvalue weighted by Crippen LogP contribution is 2.30. The Morgan fingerprint density at radius 1 is 1.23 bits per heavy atom. The maximum atomic E-state index is 6.05. The predicted molar refractivity (Wildman–Crippen MR) is 96.9 cm³/mol. The quantitative estimate of drug-likeness (QED) is 0.413. The number of fused-ring (bicyclic) bond motifs is 1. The van der Waals surface area contributed by atoms with E-state index in [2.05, 4.69) is 32.1 Å². The molecule has 0 saturated heterocycles. The third-order valence-corrected chi connectivity index (χ3v) is 5.03. The first-order valence-corrected chi connectivity index (χ1v) is 9.35. The summed E-state index contributed by atoms with van der Waals surface area (Å²) in [5, 5.41) is 4.89. The number of rotatable bonds is 9. The van der Waals surface area contributed by atoms with E-state index in [-0.39, 0.29) is 0 Å². The zero-order valence-corrected chi connectivity index (χ0v) is 15.1. The van der Waals surface area contributed by atoms with Gasteiger partial charge in [0, 0.05) is 18.8 Å². The van der Waals surface area contributed by atoms with Crippen LogP contribution in [0.5, 0.6) is 0 Å². The molecule has 6 nitrogen and oxygen atoms in total. The minimum absolute atomic E-state index is 0.529. The van der Waals surface area contributed by atoms with E-state index in [0.717, 1.165) is 33.8 Å². The second-order valence-electron chi connectivity index (χ2n) is 5.35. The van der Waals surface area contributed by atoms with Crippen molar-refractivity contribution in [3.63, 3.8) is 0 Å². The molecule has 3 N–H and O–H groups in total. The first-order chi connectivity index (χ1) is 10.6. The molecule has 0 aromatic carbocycles. The first kappa shape index (κ1) is 17.2. The third kappa shape index (κ3) is 4.96. The van der Waals surface area contributed by atoms with Gasteiger partial charge in [0.25, 0.3) is 0 Å². The molecule has 0 radical (unpaired) electrons. The Balaban J connectivity index is 2.02. The number of thiazole rings is 1. The molecule has 0 aliphatic rings. The summed E-state index contributed by atoms with van der Waals surface area (Å²) in [5.74, 6) is 1.55. The summed E-state index contributed by atoms with van der Waals surface area (Å²) in [4.78, 5) is 15.5. The Morgan fingerprint density at radius 3 is 2.77 bits per heavy atom. The lowest BCUT2D eigenvalue weighted by atomic mass is 10.3. The molecule has 0 bridgehead atoms. The summed E-state index contributed by atoms with van der Waals surface area (Å²) in [5.41, 5.74) is 6.74. The van der Waals surface area contributed by atoms with Gasteiger partial charge in [0.2, 0.25) is 0 Å². The Hall–Kier alpha value is -1.12. The highest BCUT2D eigenvalue weighted by molar-refractivity contribution is 7.99. The van der Waals surface area contributed by atoms with Crippen LogP contribution in [0.25, 0.3) is 10.3 Å². The van der Waals surface area contributed by atoms with Crippen molar-refractivity contribution >= 4 is 44.4 Å². The number of anilines is 2. The molecule has 2 rings (SSSR count). The van der Waals surface area contributed by atoms with Gasteiger partial charge >= 0.3 is 0 Å². The minimum Gasteiger partial charge on any atom is -0.382 e. The van der Waals surface area contributed by atoms with Crippen LogP contribution in [0.4, 0.5) is 10.9 Å². The number of hydrogen-bond acceptors (Lipinski definition) is 8. The number of nitrogen functional groups attached to an aromatic ring is 1. The molecule has 2 heterocycles. The predicted octanol–water partition coefficient (Wildman–Crippen LogP) is 2.92. The van der Waals surface area contributed by atoms with Gasteiger partial charge in [0.15, 0.2) is 15.9 Å². The number of unbranched alkanes of at least 4 members (excludes halogenated alkanes) is 2. The highest BCUT2D eigenvalue weighted by Gasteiger charge is 2.11. The largest absolute Gasteiger partial charge is 0.382 e. The van der Waals surface area contributed by atoms with Crippen molar-refractivity contribution in [2.24, 2.45) is 0 Å². The van der Waals surface area contributed by atoms with E-state index in [4.69, 9.17) is 5.73 Å². The van der Waals surface area contributed by atoms with E-state index in [1.807, 2.05) is 14.1 Å². The molecule has 0 aliphatic heterocycles. The molecular formula is C14H24N6S2. The van der Waals surface area contributed by atoms with Gasteiger partial charge in [0.05, 0.1) is 0 Å². The smallest absolute Gasteiger partial charge is 0.191 e. The fraction of sp³-hybridized carbons (Fsp3) is 0.643. The van der Waals surface area contributed by atoms with E-state index in [1.54, 1.807) is 11.8 Å². The molecule has 0 fully saturated rings. The van der Waals surface area contributed by atoms with Gasteiger partial charge in [-0.3, -0.25) is 0 Å². The number of nitrogens with zero attached hydrogens (tertiary/aromatic N) is 4. The van der Waals surface area contributed by atoms with Crippen molar-refractivity contribution in [1.82, 2.24) is 19.9 Å². The zero-order chi connectivity index (χ0) is 15.9. The Morgan fingerprint density at radius 2 is 2.05 bits per heavy atom. The summed E-state index contributed by atoms with van der Waals surface area (Å²) in [6, 6.07) is 0. The number of thioether (sulfide) groups is 1. The molecule has 0 atom stereocenters. The van der Waals surface area contributed by atoms with E-state index in [0.29, 0.717) is 11.5 Å². The van der Waals surface area contributed by atoms with Gasteiger partial charge in [0.1, 0.15) is 10.5 Å². The van der Waals surface area contributed by atoms with Crippen molar-refractivity contribution in [1.29, 1.82) is 0 Å². The third-order valence-electron chi connectivity index (χ3n) is 3.07. The minimum atomic E-state index is 0.529. The van der Waals surface area contributed by atoms with E-state index in [9.17, 15) is 0 Å². The number of likely N-dealkylation sites (N-methyl/N-ethyl adjacent to an activating group) is 1. The number of aromatic nitrogens is 3. The topological polar surface area (TPSA) is 80.0 Å². The molecule has 8 heteroatoms. The van der Waals surface area contributed by atoms with Crippen LogP contribution in [0.1, 0.15) is 26.2 Å². The van der Waals surface area contributed by atoms with E-state index < -0.39 is 0 Å².